The van der Waals surface area contributed by atoms with Crippen LogP contribution in [0.1, 0.15) is 42.5 Å². The number of aryl methyl sites for hydroxylation is 1. The number of benzene rings is 1. The van der Waals surface area contributed by atoms with E-state index in [9.17, 15) is 4.79 Å². The van der Waals surface area contributed by atoms with Crippen LogP contribution in [0.5, 0.6) is 0 Å². The van der Waals surface area contributed by atoms with E-state index in [1.165, 1.54) is 0 Å². The van der Waals surface area contributed by atoms with Crippen LogP contribution in [-0.2, 0) is 0 Å². The summed E-state index contributed by atoms with van der Waals surface area (Å²) < 4.78 is 0. The Morgan fingerprint density at radius 2 is 1.96 bits per heavy atom. The number of amides is 1. The summed E-state index contributed by atoms with van der Waals surface area (Å²) in [6.45, 7) is 4.50. The average molecular weight is 367 g/mol. The predicted molar refractivity (Wildman–Crippen MR) is 98.4 cm³/mol. The Morgan fingerprint density at radius 1 is 1.17 bits per heavy atom. The largest absolute Gasteiger partial charge is 0.351 e. The van der Waals surface area contributed by atoms with E-state index < -0.39 is 0 Å². The van der Waals surface area contributed by atoms with E-state index in [1.54, 1.807) is 31.2 Å². The molecule has 1 heterocycles. The van der Waals surface area contributed by atoms with E-state index in [1.807, 2.05) is 0 Å². The highest BCUT2D eigenvalue weighted by Crippen LogP contribution is 2.27. The topological polar surface area (TPSA) is 66.9 Å². The highest BCUT2D eigenvalue weighted by molar-refractivity contribution is 6.36. The van der Waals surface area contributed by atoms with Gasteiger partial charge in [-0.25, -0.2) is 9.97 Å². The molecule has 5 nitrogen and oxygen atoms in total. The van der Waals surface area contributed by atoms with Gasteiger partial charge in [-0.2, -0.15) is 0 Å². The van der Waals surface area contributed by atoms with Crippen molar-refractivity contribution in [2.75, 3.05) is 11.9 Å². The van der Waals surface area contributed by atoms with Gasteiger partial charge in [-0.3, -0.25) is 4.79 Å². The van der Waals surface area contributed by atoms with E-state index >= 15 is 0 Å². The van der Waals surface area contributed by atoms with E-state index in [0.29, 0.717) is 39.6 Å². The summed E-state index contributed by atoms with van der Waals surface area (Å²) in [6, 6.07) is 6.73. The van der Waals surface area contributed by atoms with Crippen LogP contribution >= 0.6 is 23.2 Å². The number of hydrogen-bond acceptors (Lipinski definition) is 4. The van der Waals surface area contributed by atoms with E-state index in [2.05, 4.69) is 27.5 Å². The number of anilines is 2. The highest BCUT2D eigenvalue weighted by Gasteiger charge is 2.11. The molecule has 0 atom stereocenters. The number of aromatic nitrogens is 2. The van der Waals surface area contributed by atoms with Crippen molar-refractivity contribution in [1.82, 2.24) is 15.3 Å². The summed E-state index contributed by atoms with van der Waals surface area (Å²) in [5, 5.41) is 6.99. The molecule has 0 aliphatic rings. The molecule has 0 bridgehead atoms. The molecule has 2 aromatic rings. The third-order valence-electron chi connectivity index (χ3n) is 3.33. The molecular formula is C17H20Cl2N4O. The Balaban J connectivity index is 2.11. The van der Waals surface area contributed by atoms with Crippen LogP contribution in [-0.4, -0.2) is 22.4 Å². The zero-order valence-corrected chi connectivity index (χ0v) is 15.2. The minimum Gasteiger partial charge on any atom is -0.351 e. The summed E-state index contributed by atoms with van der Waals surface area (Å²) in [5.41, 5.74) is 0.986. The first-order valence-electron chi connectivity index (χ1n) is 7.85. The lowest BCUT2D eigenvalue weighted by atomic mass is 10.2. The molecule has 7 heteroatoms. The molecule has 0 aliphatic heterocycles. The maximum absolute atomic E-state index is 12.2. The van der Waals surface area contributed by atoms with Crippen molar-refractivity contribution in [2.45, 2.75) is 33.1 Å². The maximum atomic E-state index is 12.2. The summed E-state index contributed by atoms with van der Waals surface area (Å²) >= 11 is 12.0. The number of nitrogens with one attached hydrogen (secondary N) is 2. The Bertz CT molecular complexity index is 722. The molecule has 0 radical (unpaired) electrons. The lowest BCUT2D eigenvalue weighted by Gasteiger charge is -2.10. The maximum Gasteiger partial charge on any atom is 0.270 e. The number of carbonyl (C=O) groups is 1. The second-order valence-corrected chi connectivity index (χ2v) is 6.24. The minimum atomic E-state index is -0.207. The van der Waals surface area contributed by atoms with Gasteiger partial charge in [0.15, 0.2) is 0 Å². The number of unbranched alkanes of at least 4 members (excludes halogenated alkanes) is 2. The standard InChI is InChI=1S/C17H20Cl2N4O/c1-3-4-5-8-20-17(24)15-10-16(22-11(2)21-15)23-14-7-6-12(18)9-13(14)19/h6-7,9-10H,3-5,8H2,1-2H3,(H,20,24)(H,21,22,23). The van der Waals surface area contributed by atoms with Gasteiger partial charge >= 0.3 is 0 Å². The van der Waals surface area contributed by atoms with Gasteiger partial charge in [-0.1, -0.05) is 43.0 Å². The van der Waals surface area contributed by atoms with Gasteiger partial charge < -0.3 is 10.6 Å². The van der Waals surface area contributed by atoms with E-state index in [0.717, 1.165) is 19.3 Å². The van der Waals surface area contributed by atoms with Crippen molar-refractivity contribution in [3.8, 4) is 0 Å². The molecule has 24 heavy (non-hydrogen) atoms. The first-order chi connectivity index (χ1) is 11.5. The fraction of sp³-hybridized carbons (Fsp3) is 0.353. The molecule has 1 aromatic carbocycles. The summed E-state index contributed by atoms with van der Waals surface area (Å²) in [5.74, 6) is 0.802. The monoisotopic (exact) mass is 366 g/mol. The highest BCUT2D eigenvalue weighted by atomic mass is 35.5. The Labute approximate surface area is 151 Å². The first kappa shape index (κ1) is 18.5. The number of halogens is 2. The van der Waals surface area contributed by atoms with Crippen LogP contribution in [0.15, 0.2) is 24.3 Å². The lowest BCUT2D eigenvalue weighted by molar-refractivity contribution is 0.0947. The second-order valence-electron chi connectivity index (χ2n) is 5.40. The molecule has 0 aliphatic carbocycles. The molecule has 1 aromatic heterocycles. The van der Waals surface area contributed by atoms with Gasteiger partial charge in [-0.05, 0) is 31.5 Å². The van der Waals surface area contributed by atoms with E-state index in [4.69, 9.17) is 23.2 Å². The number of nitrogens with zero attached hydrogens (tertiary/aromatic N) is 2. The van der Waals surface area contributed by atoms with Crippen molar-refractivity contribution in [1.29, 1.82) is 0 Å². The van der Waals surface area contributed by atoms with E-state index in [-0.39, 0.29) is 5.91 Å². The van der Waals surface area contributed by atoms with Crippen molar-refractivity contribution in [3.05, 3.63) is 45.8 Å². The average Bonchev–Trinajstić information content (AvgIpc) is 2.53. The molecule has 128 valence electrons. The van der Waals surface area contributed by atoms with Crippen LogP contribution in [0.3, 0.4) is 0 Å². The van der Waals surface area contributed by atoms with Gasteiger partial charge in [-0.15, -0.1) is 0 Å². The zero-order chi connectivity index (χ0) is 17.5. The van der Waals surface area contributed by atoms with Crippen molar-refractivity contribution < 1.29 is 4.79 Å². The molecular weight excluding hydrogens is 347 g/mol. The van der Waals surface area contributed by atoms with Crippen molar-refractivity contribution >= 4 is 40.6 Å². The normalized spacial score (nSPS) is 10.5. The molecule has 0 spiro atoms. The van der Waals surface area contributed by atoms with Crippen LogP contribution < -0.4 is 10.6 Å². The van der Waals surface area contributed by atoms with Crippen molar-refractivity contribution in [3.63, 3.8) is 0 Å². The number of carbonyl (C=O) groups excluding carboxylic acids is 1. The molecule has 0 saturated heterocycles. The number of rotatable bonds is 7. The first-order valence-corrected chi connectivity index (χ1v) is 8.61. The van der Waals surface area contributed by atoms with Gasteiger partial charge in [0.2, 0.25) is 0 Å². The fourth-order valence-corrected chi connectivity index (χ4v) is 2.60. The van der Waals surface area contributed by atoms with Crippen LogP contribution in [0.4, 0.5) is 11.5 Å². The fourth-order valence-electron chi connectivity index (χ4n) is 2.14. The summed E-state index contributed by atoms with van der Waals surface area (Å²) in [4.78, 5) is 20.7. The second kappa shape index (κ2) is 8.85. The summed E-state index contributed by atoms with van der Waals surface area (Å²) in [6.07, 6.45) is 3.15. The van der Waals surface area contributed by atoms with Crippen LogP contribution in [0.25, 0.3) is 0 Å². The van der Waals surface area contributed by atoms with Crippen LogP contribution in [0, 0.1) is 6.92 Å². The third kappa shape index (κ3) is 5.35. The summed E-state index contributed by atoms with van der Waals surface area (Å²) in [7, 11) is 0. The third-order valence-corrected chi connectivity index (χ3v) is 3.88. The zero-order valence-electron chi connectivity index (χ0n) is 13.7. The Kier molecular flexibility index (Phi) is 6.82. The quantitative estimate of drug-likeness (QED) is 0.693. The Morgan fingerprint density at radius 3 is 2.67 bits per heavy atom. The SMILES string of the molecule is CCCCCNC(=O)c1cc(Nc2ccc(Cl)cc2Cl)nc(C)n1. The van der Waals surface area contributed by atoms with Gasteiger partial charge in [0.05, 0.1) is 10.7 Å². The molecule has 0 saturated carbocycles. The molecule has 2 N–H and O–H groups in total. The Hall–Kier alpha value is -1.85. The predicted octanol–water partition coefficient (Wildman–Crippen LogP) is 4.76. The van der Waals surface area contributed by atoms with Crippen LogP contribution in [0.2, 0.25) is 10.0 Å². The van der Waals surface area contributed by atoms with Gasteiger partial charge in [0.1, 0.15) is 17.3 Å². The number of hydrogen-bond donors (Lipinski definition) is 2. The lowest BCUT2D eigenvalue weighted by Crippen LogP contribution is -2.25. The van der Waals surface area contributed by atoms with Gasteiger partial charge in [0, 0.05) is 17.6 Å². The van der Waals surface area contributed by atoms with Crippen molar-refractivity contribution in [2.24, 2.45) is 0 Å². The smallest absolute Gasteiger partial charge is 0.270 e. The molecule has 1 amide bonds. The molecule has 0 unspecified atom stereocenters. The minimum absolute atomic E-state index is 0.207. The molecule has 2 rings (SSSR count). The van der Waals surface area contributed by atoms with Gasteiger partial charge in [0.25, 0.3) is 5.91 Å². The molecule has 0 fully saturated rings.